The Morgan fingerprint density at radius 1 is 1.23 bits per heavy atom. The van der Waals surface area contributed by atoms with Crippen LogP contribution < -0.4 is 4.72 Å². The molecule has 1 heterocycles. The fourth-order valence-corrected chi connectivity index (χ4v) is 5.11. The molecule has 0 bridgehead atoms. The number of hydrogen-bond acceptors (Lipinski definition) is 6. The van der Waals surface area contributed by atoms with Crippen LogP contribution in [-0.2, 0) is 36.6 Å². The number of ether oxygens (including phenoxy) is 1. The Morgan fingerprint density at radius 2 is 1.83 bits per heavy atom. The summed E-state index contributed by atoms with van der Waals surface area (Å²) >= 11 is 0. The number of nitrogens with zero attached hydrogens (tertiary/aromatic N) is 1. The van der Waals surface area contributed by atoms with Crippen LogP contribution >= 0.6 is 0 Å². The van der Waals surface area contributed by atoms with Gasteiger partial charge < -0.3 is 9.64 Å². The molecular weight excluding hydrogens is 428 g/mol. The molecule has 168 valence electrons. The summed E-state index contributed by atoms with van der Waals surface area (Å²) in [5.74, 6) is 0.537. The van der Waals surface area contributed by atoms with Crippen LogP contribution in [0, 0.1) is 17.8 Å². The van der Waals surface area contributed by atoms with Gasteiger partial charge in [-0.05, 0) is 44.1 Å². The number of carbonyl (C=O) groups excluding carboxylic acids is 1. The second kappa shape index (κ2) is 8.94. The zero-order valence-corrected chi connectivity index (χ0v) is 19.4. The molecule has 3 unspecified atom stereocenters. The molecule has 0 aromatic heterocycles. The molecule has 1 aliphatic heterocycles. The van der Waals surface area contributed by atoms with E-state index in [1.54, 1.807) is 4.90 Å². The molecule has 1 N–H and O–H groups in total. The highest BCUT2D eigenvalue weighted by Gasteiger charge is 2.60. The minimum Gasteiger partial charge on any atom is -0.445 e. The van der Waals surface area contributed by atoms with Crippen LogP contribution in [0.1, 0.15) is 26.3 Å². The van der Waals surface area contributed by atoms with Crippen molar-refractivity contribution in [3.05, 3.63) is 35.9 Å². The van der Waals surface area contributed by atoms with Crippen LogP contribution in [0.4, 0.5) is 4.79 Å². The normalized spacial score (nSPS) is 25.5. The maximum atomic E-state index is 12.6. The molecule has 4 atom stereocenters. The van der Waals surface area contributed by atoms with Gasteiger partial charge in [-0.2, -0.15) is 8.42 Å². The number of fused-ring (bicyclic) bond motifs is 1. The third-order valence-electron chi connectivity index (χ3n) is 5.46. The van der Waals surface area contributed by atoms with Gasteiger partial charge in [0.1, 0.15) is 6.61 Å². The van der Waals surface area contributed by atoms with Crippen LogP contribution in [0.25, 0.3) is 0 Å². The highest BCUT2D eigenvalue weighted by Crippen LogP contribution is 2.53. The third-order valence-corrected chi connectivity index (χ3v) is 7.66. The predicted molar refractivity (Wildman–Crippen MR) is 114 cm³/mol. The molecule has 1 saturated heterocycles. The largest absolute Gasteiger partial charge is 0.445 e. The average Bonchev–Trinajstić information content (AvgIpc) is 3.14. The number of amides is 1. The van der Waals surface area contributed by atoms with Crippen molar-refractivity contribution >= 4 is 27.2 Å². The second-order valence-electron chi connectivity index (χ2n) is 8.94. The van der Waals surface area contributed by atoms with Gasteiger partial charge >= 0.3 is 6.09 Å². The lowest BCUT2D eigenvalue weighted by Crippen LogP contribution is -2.45. The number of nitrogens with one attached hydrogen (secondary N) is 1. The molecule has 2 aliphatic rings. The number of likely N-dealkylation sites (tertiary alicyclic amines) is 1. The number of hydrogen-bond donors (Lipinski definition) is 1. The van der Waals surface area contributed by atoms with Crippen molar-refractivity contribution in [2.45, 2.75) is 38.2 Å². The lowest BCUT2D eigenvalue weighted by molar-refractivity contribution is 0.0974. The van der Waals surface area contributed by atoms with E-state index in [0.717, 1.165) is 11.8 Å². The van der Waals surface area contributed by atoms with Crippen molar-refractivity contribution in [1.82, 2.24) is 9.62 Å². The van der Waals surface area contributed by atoms with Crippen LogP contribution in [0.2, 0.25) is 0 Å². The molecule has 0 spiro atoms. The molecule has 3 rings (SSSR count). The SMILES string of the molecule is CC(C)(C)S(=O)N[C@@H](COS(C)(=O)=O)C1C2CN(C(=O)OCc3ccccc3)CC21. The molecule has 8 nitrogen and oxygen atoms in total. The molecule has 10 heteroatoms. The molecular formula is C20H30N2O6S2. The Bertz CT molecular complexity index is 872. The quantitative estimate of drug-likeness (QED) is 0.597. The van der Waals surface area contributed by atoms with Crippen molar-refractivity contribution in [1.29, 1.82) is 0 Å². The molecule has 1 aromatic carbocycles. The number of carbonyl (C=O) groups is 1. The standard InChI is InChI=1S/C20H30N2O6S2/c1-20(2,3)29(24)21-17(13-28-30(4,25)26)18-15-10-22(11-16(15)18)19(23)27-12-14-8-6-5-7-9-14/h5-9,15-18,21H,10-13H2,1-4H3/t15?,16?,17-,18?,29?/m0/s1. The Hall–Kier alpha value is -1.49. The van der Waals surface area contributed by atoms with Crippen molar-refractivity contribution in [2.75, 3.05) is 26.0 Å². The molecule has 2 fully saturated rings. The van der Waals surface area contributed by atoms with Gasteiger partial charge in [-0.15, -0.1) is 0 Å². The number of piperidine rings is 1. The predicted octanol–water partition coefficient (Wildman–Crippen LogP) is 1.90. The maximum absolute atomic E-state index is 12.6. The smallest absolute Gasteiger partial charge is 0.410 e. The summed E-state index contributed by atoms with van der Waals surface area (Å²) in [6.07, 6.45) is 0.656. The summed E-state index contributed by atoms with van der Waals surface area (Å²) < 4.78 is 48.4. The van der Waals surface area contributed by atoms with Gasteiger partial charge in [0.25, 0.3) is 10.1 Å². The van der Waals surface area contributed by atoms with E-state index in [1.165, 1.54) is 0 Å². The Kier molecular flexibility index (Phi) is 6.91. The van der Waals surface area contributed by atoms with E-state index in [4.69, 9.17) is 8.92 Å². The molecule has 0 radical (unpaired) electrons. The monoisotopic (exact) mass is 458 g/mol. The van der Waals surface area contributed by atoms with Crippen molar-refractivity contribution < 1.29 is 26.3 Å². The van der Waals surface area contributed by atoms with Gasteiger partial charge in [-0.25, -0.2) is 13.7 Å². The lowest BCUT2D eigenvalue weighted by Gasteiger charge is -2.26. The Morgan fingerprint density at radius 3 is 2.37 bits per heavy atom. The minimum absolute atomic E-state index is 0.0726. The van der Waals surface area contributed by atoms with Gasteiger partial charge in [0.05, 0.1) is 28.6 Å². The van der Waals surface area contributed by atoms with Crippen molar-refractivity contribution in [3.63, 3.8) is 0 Å². The highest BCUT2D eigenvalue weighted by molar-refractivity contribution is 7.86. The van der Waals surface area contributed by atoms with Crippen molar-refractivity contribution in [2.24, 2.45) is 17.8 Å². The van der Waals surface area contributed by atoms with E-state index in [2.05, 4.69) is 4.72 Å². The molecule has 1 saturated carbocycles. The molecule has 30 heavy (non-hydrogen) atoms. The minimum atomic E-state index is -3.60. The highest BCUT2D eigenvalue weighted by atomic mass is 32.2. The average molecular weight is 459 g/mol. The lowest BCUT2D eigenvalue weighted by atomic mass is 10.1. The first kappa shape index (κ1) is 23.2. The van der Waals surface area contributed by atoms with E-state index in [-0.39, 0.29) is 43.1 Å². The van der Waals surface area contributed by atoms with Crippen LogP contribution in [0.3, 0.4) is 0 Å². The summed E-state index contributed by atoms with van der Waals surface area (Å²) in [6.45, 7) is 6.79. The van der Waals surface area contributed by atoms with E-state index in [1.807, 2.05) is 51.1 Å². The summed E-state index contributed by atoms with van der Waals surface area (Å²) in [4.78, 5) is 14.0. The Balaban J connectivity index is 1.54. The van der Waals surface area contributed by atoms with E-state index in [0.29, 0.717) is 13.1 Å². The van der Waals surface area contributed by atoms with Gasteiger partial charge in [-0.1, -0.05) is 30.3 Å². The topological polar surface area (TPSA) is 102 Å². The maximum Gasteiger partial charge on any atom is 0.410 e. The summed E-state index contributed by atoms with van der Waals surface area (Å²) in [5.41, 5.74) is 0.930. The number of rotatable bonds is 8. The first-order chi connectivity index (χ1) is 14.0. The third kappa shape index (κ3) is 6.03. The van der Waals surface area contributed by atoms with E-state index >= 15 is 0 Å². The van der Waals surface area contributed by atoms with E-state index < -0.39 is 25.9 Å². The molecule has 1 amide bonds. The van der Waals surface area contributed by atoms with Gasteiger partial charge in [0, 0.05) is 19.1 Å². The van der Waals surface area contributed by atoms with Gasteiger partial charge in [-0.3, -0.25) is 4.18 Å². The molecule has 1 aromatic rings. The summed E-state index contributed by atoms with van der Waals surface area (Å²) in [6, 6.07) is 9.13. The van der Waals surface area contributed by atoms with Crippen LogP contribution in [0.15, 0.2) is 30.3 Å². The first-order valence-electron chi connectivity index (χ1n) is 9.94. The van der Waals surface area contributed by atoms with Crippen LogP contribution in [0.5, 0.6) is 0 Å². The molecule has 1 aliphatic carbocycles. The number of benzene rings is 1. The fraction of sp³-hybridized carbons (Fsp3) is 0.650. The summed E-state index contributed by atoms with van der Waals surface area (Å²) in [5, 5.41) is 0. The zero-order chi connectivity index (χ0) is 22.1. The van der Waals surface area contributed by atoms with Gasteiger partial charge in [0.15, 0.2) is 0 Å². The fourth-order valence-electron chi connectivity index (χ4n) is 3.86. The second-order valence-corrected chi connectivity index (χ2v) is 12.6. The van der Waals surface area contributed by atoms with Crippen LogP contribution in [-0.4, -0.2) is 60.4 Å². The van der Waals surface area contributed by atoms with Gasteiger partial charge in [0.2, 0.25) is 0 Å². The zero-order valence-electron chi connectivity index (χ0n) is 17.7. The summed E-state index contributed by atoms with van der Waals surface area (Å²) in [7, 11) is -4.96. The Labute approximate surface area is 181 Å². The first-order valence-corrected chi connectivity index (χ1v) is 12.9. The van der Waals surface area contributed by atoms with E-state index in [9.17, 15) is 17.4 Å². The van der Waals surface area contributed by atoms with Crippen molar-refractivity contribution in [3.8, 4) is 0 Å².